The molecule has 0 aliphatic rings. The maximum absolute atomic E-state index is 12.9. The van der Waals surface area contributed by atoms with Gasteiger partial charge in [0.05, 0.1) is 43.7 Å². The Kier molecular flexibility index (Phi) is 8.97. The number of esters is 1. The van der Waals surface area contributed by atoms with Crippen LogP contribution >= 0.6 is 39.1 Å². The summed E-state index contributed by atoms with van der Waals surface area (Å²) in [6.07, 6.45) is 1.34. The Morgan fingerprint density at radius 1 is 0.914 bits per heavy atom. The molecule has 1 N–H and O–H groups in total. The highest BCUT2D eigenvalue weighted by molar-refractivity contribution is 9.10. The van der Waals surface area contributed by atoms with Gasteiger partial charge in [0.2, 0.25) is 5.75 Å². The largest absolute Gasteiger partial charge is 0.493 e. The van der Waals surface area contributed by atoms with Gasteiger partial charge in [0.1, 0.15) is 5.75 Å². The molecule has 0 fully saturated rings. The molecule has 182 valence electrons. The van der Waals surface area contributed by atoms with Gasteiger partial charge in [0.15, 0.2) is 11.5 Å². The Hall–Kier alpha value is -3.27. The zero-order valence-corrected chi connectivity index (χ0v) is 21.8. The number of hydrazone groups is 1. The van der Waals surface area contributed by atoms with Gasteiger partial charge in [0.25, 0.3) is 5.91 Å². The normalized spacial score (nSPS) is 10.7. The first-order valence-corrected chi connectivity index (χ1v) is 11.4. The molecule has 3 rings (SSSR count). The molecule has 0 atom stereocenters. The molecule has 0 heterocycles. The number of rotatable bonds is 8. The van der Waals surface area contributed by atoms with Crippen molar-refractivity contribution < 1.29 is 28.5 Å². The van der Waals surface area contributed by atoms with Gasteiger partial charge >= 0.3 is 5.97 Å². The Morgan fingerprint density at radius 2 is 1.60 bits per heavy atom. The Bertz CT molecular complexity index is 1270. The molecule has 1 amide bonds. The van der Waals surface area contributed by atoms with Crippen LogP contribution in [-0.4, -0.2) is 39.4 Å². The number of ether oxygens (including phenoxy) is 4. The number of nitrogens with zero attached hydrogens (tertiary/aromatic N) is 1. The molecule has 35 heavy (non-hydrogen) atoms. The van der Waals surface area contributed by atoms with E-state index >= 15 is 0 Å². The third kappa shape index (κ3) is 6.45. The molecule has 3 aromatic rings. The second-order valence-electron chi connectivity index (χ2n) is 6.81. The molecule has 0 saturated heterocycles. The van der Waals surface area contributed by atoms with Crippen molar-refractivity contribution in [2.45, 2.75) is 0 Å². The zero-order valence-electron chi connectivity index (χ0n) is 18.7. The van der Waals surface area contributed by atoms with E-state index in [1.54, 1.807) is 24.3 Å². The number of halogens is 3. The first-order chi connectivity index (χ1) is 16.8. The van der Waals surface area contributed by atoms with Crippen LogP contribution in [-0.2, 0) is 0 Å². The highest BCUT2D eigenvalue weighted by Gasteiger charge is 2.19. The minimum Gasteiger partial charge on any atom is -0.493 e. The van der Waals surface area contributed by atoms with Crippen LogP contribution in [0.5, 0.6) is 23.0 Å². The molecule has 0 spiro atoms. The van der Waals surface area contributed by atoms with Crippen molar-refractivity contribution in [1.82, 2.24) is 5.43 Å². The highest BCUT2D eigenvalue weighted by Crippen LogP contribution is 2.38. The van der Waals surface area contributed by atoms with Crippen molar-refractivity contribution in [2.75, 3.05) is 21.3 Å². The minimum absolute atomic E-state index is 0.177. The molecule has 0 aliphatic heterocycles. The van der Waals surface area contributed by atoms with Crippen LogP contribution in [0.2, 0.25) is 10.0 Å². The fourth-order valence-electron chi connectivity index (χ4n) is 2.97. The molecule has 0 aromatic heterocycles. The van der Waals surface area contributed by atoms with Crippen LogP contribution in [0, 0.1) is 0 Å². The van der Waals surface area contributed by atoms with Gasteiger partial charge in [-0.3, -0.25) is 4.79 Å². The molecular weight excluding hydrogens is 563 g/mol. The van der Waals surface area contributed by atoms with Crippen molar-refractivity contribution in [3.05, 3.63) is 79.7 Å². The van der Waals surface area contributed by atoms with Crippen molar-refractivity contribution in [1.29, 1.82) is 0 Å². The molecule has 0 radical (unpaired) electrons. The molecule has 0 saturated carbocycles. The summed E-state index contributed by atoms with van der Waals surface area (Å²) in [7, 11) is 4.36. The second-order valence-corrected chi connectivity index (χ2v) is 8.57. The summed E-state index contributed by atoms with van der Waals surface area (Å²) in [5, 5.41) is 4.55. The summed E-state index contributed by atoms with van der Waals surface area (Å²) in [5.41, 5.74) is 3.18. The standard InChI is InChI=1S/C24H19BrCl2N2O6/c1-32-20-9-13(10-21(33-2)22(20)34-3)24(31)35-19-7-4-15(25)8-14(19)12-28-29-23(30)17-6-5-16(26)11-18(17)27/h4-12H,1-3H3,(H,29,30)/b28-12+. The Balaban J connectivity index is 1.82. The van der Waals surface area contributed by atoms with Crippen LogP contribution in [0.3, 0.4) is 0 Å². The lowest BCUT2D eigenvalue weighted by Crippen LogP contribution is -2.18. The zero-order chi connectivity index (χ0) is 25.5. The van der Waals surface area contributed by atoms with Crippen molar-refractivity contribution in [2.24, 2.45) is 5.10 Å². The molecule has 11 heteroatoms. The van der Waals surface area contributed by atoms with Gasteiger partial charge in [-0.25, -0.2) is 10.2 Å². The number of amides is 1. The van der Waals surface area contributed by atoms with Crippen molar-refractivity contribution in [3.8, 4) is 23.0 Å². The lowest BCUT2D eigenvalue weighted by molar-refractivity contribution is 0.0733. The SMILES string of the molecule is COc1cc(C(=O)Oc2ccc(Br)cc2/C=N/NC(=O)c2ccc(Cl)cc2Cl)cc(OC)c1OC. The van der Waals surface area contributed by atoms with E-state index in [2.05, 4.69) is 26.5 Å². The highest BCUT2D eigenvalue weighted by atomic mass is 79.9. The van der Waals surface area contributed by atoms with Gasteiger partial charge in [-0.05, 0) is 48.5 Å². The average Bonchev–Trinajstić information content (AvgIpc) is 2.84. The predicted molar refractivity (Wildman–Crippen MR) is 137 cm³/mol. The van der Waals surface area contributed by atoms with Crippen LogP contribution in [0.15, 0.2) is 58.1 Å². The fourth-order valence-corrected chi connectivity index (χ4v) is 3.84. The van der Waals surface area contributed by atoms with E-state index in [1.165, 1.54) is 51.8 Å². The van der Waals surface area contributed by atoms with E-state index in [0.717, 1.165) is 0 Å². The van der Waals surface area contributed by atoms with Gasteiger partial charge in [0, 0.05) is 15.1 Å². The fraction of sp³-hybridized carbons (Fsp3) is 0.125. The summed E-state index contributed by atoms with van der Waals surface area (Å²) < 4.78 is 22.1. The number of nitrogens with one attached hydrogen (secondary N) is 1. The van der Waals surface area contributed by atoms with E-state index in [4.69, 9.17) is 42.1 Å². The van der Waals surface area contributed by atoms with Gasteiger partial charge in [-0.15, -0.1) is 0 Å². The molecule has 0 unspecified atom stereocenters. The molecule has 3 aromatic carbocycles. The number of hydrogen-bond acceptors (Lipinski definition) is 7. The van der Waals surface area contributed by atoms with Gasteiger partial charge < -0.3 is 18.9 Å². The summed E-state index contributed by atoms with van der Waals surface area (Å²) in [6, 6.07) is 12.4. The summed E-state index contributed by atoms with van der Waals surface area (Å²) >= 11 is 15.3. The van der Waals surface area contributed by atoms with Crippen LogP contribution in [0.25, 0.3) is 0 Å². The van der Waals surface area contributed by atoms with Crippen LogP contribution < -0.4 is 24.4 Å². The third-order valence-electron chi connectivity index (χ3n) is 4.62. The average molecular weight is 582 g/mol. The van der Waals surface area contributed by atoms with E-state index in [1.807, 2.05) is 0 Å². The lowest BCUT2D eigenvalue weighted by Gasteiger charge is -2.14. The minimum atomic E-state index is -0.668. The van der Waals surface area contributed by atoms with Gasteiger partial charge in [-0.2, -0.15) is 5.10 Å². The molecular formula is C24H19BrCl2N2O6. The van der Waals surface area contributed by atoms with E-state index < -0.39 is 11.9 Å². The number of carbonyl (C=O) groups is 2. The number of methoxy groups -OCH3 is 3. The maximum atomic E-state index is 12.9. The van der Waals surface area contributed by atoms with E-state index in [0.29, 0.717) is 32.3 Å². The number of carbonyl (C=O) groups excluding carboxylic acids is 2. The molecule has 8 nitrogen and oxygen atoms in total. The summed E-state index contributed by atoms with van der Waals surface area (Å²) in [6.45, 7) is 0. The third-order valence-corrected chi connectivity index (χ3v) is 5.66. The van der Waals surface area contributed by atoms with E-state index in [9.17, 15) is 9.59 Å². The van der Waals surface area contributed by atoms with Gasteiger partial charge in [-0.1, -0.05) is 39.1 Å². The Labute approximate surface area is 219 Å². The molecule has 0 aliphatic carbocycles. The first kappa shape index (κ1) is 26.3. The smallest absolute Gasteiger partial charge is 0.343 e. The van der Waals surface area contributed by atoms with E-state index in [-0.39, 0.29) is 21.9 Å². The van der Waals surface area contributed by atoms with Crippen LogP contribution in [0.1, 0.15) is 26.3 Å². The van der Waals surface area contributed by atoms with Crippen molar-refractivity contribution >= 4 is 57.2 Å². The first-order valence-electron chi connectivity index (χ1n) is 9.87. The molecule has 0 bridgehead atoms. The lowest BCUT2D eigenvalue weighted by atomic mass is 10.1. The number of hydrogen-bond donors (Lipinski definition) is 1. The van der Waals surface area contributed by atoms with Crippen molar-refractivity contribution in [3.63, 3.8) is 0 Å². The second kappa shape index (κ2) is 11.9. The Morgan fingerprint density at radius 3 is 2.20 bits per heavy atom. The number of benzene rings is 3. The predicted octanol–water partition coefficient (Wildman–Crippen LogP) is 5.76. The summed E-state index contributed by atoms with van der Waals surface area (Å²) in [4.78, 5) is 25.3. The van der Waals surface area contributed by atoms with Crippen LogP contribution in [0.4, 0.5) is 0 Å². The monoisotopic (exact) mass is 580 g/mol. The maximum Gasteiger partial charge on any atom is 0.343 e. The quantitative estimate of drug-likeness (QED) is 0.157. The summed E-state index contributed by atoms with van der Waals surface area (Å²) in [5.74, 6) is -0.0407. The topological polar surface area (TPSA) is 95.5 Å².